The molecule has 0 aliphatic heterocycles. The van der Waals surface area contributed by atoms with E-state index in [-0.39, 0.29) is 12.2 Å². The van der Waals surface area contributed by atoms with Gasteiger partial charge >= 0.3 is 11.9 Å². The number of aryl methyl sites for hydroxylation is 1. The number of nitrogens with zero attached hydrogens (tertiary/aromatic N) is 1. The Morgan fingerprint density at radius 1 is 1.43 bits per heavy atom. The molecule has 0 atom stereocenters. The fourth-order valence-corrected chi connectivity index (χ4v) is 2.52. The lowest BCUT2D eigenvalue weighted by Crippen LogP contribution is -2.24. The van der Waals surface area contributed by atoms with E-state index in [9.17, 15) is 9.59 Å². The van der Waals surface area contributed by atoms with Gasteiger partial charge in [-0.15, -0.1) is 11.3 Å². The second kappa shape index (κ2) is 7.79. The van der Waals surface area contributed by atoms with Crippen LogP contribution < -0.4 is 5.32 Å². The van der Waals surface area contributed by atoms with Crippen LogP contribution in [0.25, 0.3) is 0 Å². The van der Waals surface area contributed by atoms with E-state index in [2.05, 4.69) is 5.32 Å². The Morgan fingerprint density at radius 2 is 2.09 bits per heavy atom. The first-order chi connectivity index (χ1) is 10.7. The molecule has 0 fully saturated rings. The van der Waals surface area contributed by atoms with Gasteiger partial charge in [-0.1, -0.05) is 0 Å². The maximum absolute atomic E-state index is 12.0. The van der Waals surface area contributed by atoms with Crippen LogP contribution in [0.15, 0.2) is 17.2 Å². The van der Waals surface area contributed by atoms with Crippen molar-refractivity contribution < 1.29 is 19.1 Å². The molecule has 0 aliphatic rings. The van der Waals surface area contributed by atoms with Gasteiger partial charge in [-0.3, -0.25) is 0 Å². The molecule has 0 saturated heterocycles. The molecule has 1 aromatic rings. The molecular formula is C16H20N2O4S. The topological polar surface area (TPSA) is 88.4 Å². The number of rotatable bonds is 5. The Hall–Kier alpha value is -2.33. The molecule has 23 heavy (non-hydrogen) atoms. The molecule has 6 nitrogen and oxygen atoms in total. The summed E-state index contributed by atoms with van der Waals surface area (Å²) in [6.07, 6.45) is 1.24. The molecule has 7 heteroatoms. The molecule has 124 valence electrons. The van der Waals surface area contributed by atoms with Crippen LogP contribution in [-0.2, 0) is 14.3 Å². The zero-order chi connectivity index (χ0) is 17.6. The van der Waals surface area contributed by atoms with Gasteiger partial charge in [0.25, 0.3) is 0 Å². The van der Waals surface area contributed by atoms with Crippen LogP contribution in [0.3, 0.4) is 0 Å². The molecule has 0 unspecified atom stereocenters. The Balaban J connectivity index is 2.97. The minimum Gasteiger partial charge on any atom is -0.462 e. The summed E-state index contributed by atoms with van der Waals surface area (Å²) < 4.78 is 10.1. The fourth-order valence-electron chi connectivity index (χ4n) is 1.62. The Morgan fingerprint density at radius 3 is 2.61 bits per heavy atom. The third-order valence-corrected chi connectivity index (χ3v) is 3.57. The van der Waals surface area contributed by atoms with E-state index in [0.29, 0.717) is 10.6 Å². The molecule has 0 aromatic carbocycles. The molecule has 0 saturated carbocycles. The highest BCUT2D eigenvalue weighted by Gasteiger charge is 2.21. The number of carbonyl (C=O) groups is 2. The zero-order valence-electron chi connectivity index (χ0n) is 13.9. The first-order valence-electron chi connectivity index (χ1n) is 7.05. The van der Waals surface area contributed by atoms with Crippen LogP contribution in [0.2, 0.25) is 0 Å². The first-order valence-corrected chi connectivity index (χ1v) is 7.93. The predicted octanol–water partition coefficient (Wildman–Crippen LogP) is 3.39. The van der Waals surface area contributed by atoms with E-state index in [1.807, 2.05) is 0 Å². The van der Waals surface area contributed by atoms with Gasteiger partial charge in [0, 0.05) is 6.20 Å². The molecule has 1 aromatic heterocycles. The molecule has 0 spiro atoms. The number of thiophene rings is 1. The van der Waals surface area contributed by atoms with Crippen molar-refractivity contribution in [3.05, 3.63) is 28.3 Å². The summed E-state index contributed by atoms with van der Waals surface area (Å²) in [5, 5.41) is 14.2. The van der Waals surface area contributed by atoms with E-state index in [1.165, 1.54) is 17.5 Å². The number of anilines is 1. The molecule has 1 rings (SSSR count). The van der Waals surface area contributed by atoms with Crippen molar-refractivity contribution in [2.45, 2.75) is 40.2 Å². The third kappa shape index (κ3) is 5.42. The summed E-state index contributed by atoms with van der Waals surface area (Å²) in [6.45, 7) is 8.93. The predicted molar refractivity (Wildman–Crippen MR) is 88.2 cm³/mol. The summed E-state index contributed by atoms with van der Waals surface area (Å²) >= 11 is 1.29. The number of nitrogens with one attached hydrogen (secondary N) is 1. The molecule has 0 radical (unpaired) electrons. The quantitative estimate of drug-likeness (QED) is 0.504. The minimum absolute atomic E-state index is 0.180. The van der Waals surface area contributed by atoms with E-state index in [4.69, 9.17) is 14.7 Å². The van der Waals surface area contributed by atoms with Crippen molar-refractivity contribution >= 4 is 28.3 Å². The summed E-state index contributed by atoms with van der Waals surface area (Å²) in [7, 11) is 0. The van der Waals surface area contributed by atoms with Crippen molar-refractivity contribution in [1.82, 2.24) is 0 Å². The fraction of sp³-hybridized carbons (Fsp3) is 0.438. The SMILES string of the molecule is CCOC(=O)c1c(C)csc1N/C=C(\C#N)C(=O)OC(C)(C)C. The van der Waals surface area contributed by atoms with Crippen molar-refractivity contribution in [2.24, 2.45) is 0 Å². The molecule has 0 aliphatic carbocycles. The molecule has 1 N–H and O–H groups in total. The van der Waals surface area contributed by atoms with Crippen LogP contribution in [0.4, 0.5) is 5.00 Å². The summed E-state index contributed by atoms with van der Waals surface area (Å²) in [5.74, 6) is -1.17. The van der Waals surface area contributed by atoms with Gasteiger partial charge in [-0.05, 0) is 45.6 Å². The largest absolute Gasteiger partial charge is 0.462 e. The summed E-state index contributed by atoms with van der Waals surface area (Å²) in [4.78, 5) is 23.8. The lowest BCUT2D eigenvalue weighted by Gasteiger charge is -2.18. The number of carbonyl (C=O) groups excluding carboxylic acids is 2. The summed E-state index contributed by atoms with van der Waals surface area (Å²) in [6, 6.07) is 1.79. The number of hydrogen-bond acceptors (Lipinski definition) is 7. The molecular weight excluding hydrogens is 316 g/mol. The van der Waals surface area contributed by atoms with Gasteiger partial charge in [0.2, 0.25) is 0 Å². The van der Waals surface area contributed by atoms with Gasteiger partial charge in [0.1, 0.15) is 16.7 Å². The normalized spacial score (nSPS) is 11.6. The van der Waals surface area contributed by atoms with Crippen molar-refractivity contribution in [3.63, 3.8) is 0 Å². The van der Waals surface area contributed by atoms with Crippen molar-refractivity contribution in [2.75, 3.05) is 11.9 Å². The molecule has 0 amide bonds. The van der Waals surface area contributed by atoms with Crippen LogP contribution >= 0.6 is 11.3 Å². The average molecular weight is 336 g/mol. The van der Waals surface area contributed by atoms with Crippen LogP contribution in [-0.4, -0.2) is 24.1 Å². The van der Waals surface area contributed by atoms with Crippen molar-refractivity contribution in [1.29, 1.82) is 5.26 Å². The molecule has 0 bridgehead atoms. The maximum Gasteiger partial charge on any atom is 0.350 e. The van der Waals surface area contributed by atoms with Crippen molar-refractivity contribution in [3.8, 4) is 6.07 Å². The first kappa shape index (κ1) is 18.7. The van der Waals surface area contributed by atoms with Gasteiger partial charge < -0.3 is 14.8 Å². The number of ether oxygens (including phenoxy) is 2. The highest BCUT2D eigenvalue weighted by Crippen LogP contribution is 2.28. The highest BCUT2D eigenvalue weighted by atomic mass is 32.1. The van der Waals surface area contributed by atoms with E-state index in [0.717, 1.165) is 5.56 Å². The Labute approximate surface area is 139 Å². The van der Waals surface area contributed by atoms with Gasteiger partial charge in [0.05, 0.1) is 12.2 Å². The highest BCUT2D eigenvalue weighted by molar-refractivity contribution is 7.14. The number of hydrogen-bond donors (Lipinski definition) is 1. The monoisotopic (exact) mass is 336 g/mol. The Bertz CT molecular complexity index is 663. The van der Waals surface area contributed by atoms with Gasteiger partial charge in [-0.2, -0.15) is 5.26 Å². The number of esters is 2. The summed E-state index contributed by atoms with van der Waals surface area (Å²) in [5.41, 5.74) is 0.290. The smallest absolute Gasteiger partial charge is 0.350 e. The minimum atomic E-state index is -0.724. The lowest BCUT2D eigenvalue weighted by atomic mass is 10.2. The lowest BCUT2D eigenvalue weighted by molar-refractivity contribution is -0.149. The van der Waals surface area contributed by atoms with Gasteiger partial charge in [0.15, 0.2) is 5.57 Å². The Kier molecular flexibility index (Phi) is 6.34. The maximum atomic E-state index is 12.0. The van der Waals surface area contributed by atoms with Crippen LogP contribution in [0.1, 0.15) is 43.6 Å². The average Bonchev–Trinajstić information content (AvgIpc) is 2.79. The zero-order valence-corrected chi connectivity index (χ0v) is 14.7. The molecule has 1 heterocycles. The van der Waals surface area contributed by atoms with E-state index < -0.39 is 17.5 Å². The second-order valence-corrected chi connectivity index (χ2v) is 6.54. The second-order valence-electron chi connectivity index (χ2n) is 5.66. The standard InChI is InChI=1S/C16H20N2O4S/c1-6-21-15(20)12-10(2)9-23-13(12)18-8-11(7-17)14(19)22-16(3,4)5/h8-9,18H,6H2,1-5H3/b11-8+. The number of nitriles is 1. The van der Waals surface area contributed by atoms with Crippen LogP contribution in [0, 0.1) is 18.3 Å². The van der Waals surface area contributed by atoms with E-state index in [1.54, 1.807) is 46.1 Å². The third-order valence-electron chi connectivity index (χ3n) is 2.54. The van der Waals surface area contributed by atoms with E-state index >= 15 is 0 Å². The van der Waals surface area contributed by atoms with Crippen LogP contribution in [0.5, 0.6) is 0 Å². The van der Waals surface area contributed by atoms with Gasteiger partial charge in [-0.25, -0.2) is 9.59 Å².